The number of carbonyl (C=O) groups excluding carboxylic acids is 2. The Hall–Kier alpha value is -1.92. The number of carbonyl (C=O) groups is 4. The molecular weight excluding hydrogens is 652 g/mol. The minimum atomic E-state index is -0.924. The maximum atomic E-state index is 11.4. The Balaban J connectivity index is 1.13. The molecule has 0 aromatic heterocycles. The molecule has 5 aliphatic rings. The fourth-order valence-corrected chi connectivity index (χ4v) is 12.5. The summed E-state index contributed by atoms with van der Waals surface area (Å²) in [5.74, 6) is 3.29. The van der Waals surface area contributed by atoms with Crippen molar-refractivity contribution in [2.24, 2.45) is 58.2 Å². The number of rotatable bonds is 20. The molecule has 14 atom stereocenters. The quantitative estimate of drug-likeness (QED) is 0.0661. The number of methoxy groups -OCH3 is 1. The Labute approximate surface area is 305 Å². The third kappa shape index (κ3) is 8.58. The van der Waals surface area contributed by atoms with Gasteiger partial charge in [-0.2, -0.15) is 5.48 Å². The monoisotopic (exact) mass is 718 g/mol. The molecule has 5 aliphatic carbocycles. The topological polar surface area (TPSA) is 160 Å². The first-order chi connectivity index (χ1) is 24.3. The van der Waals surface area contributed by atoms with E-state index < -0.39 is 24.0 Å². The Morgan fingerprint density at radius 1 is 0.902 bits per heavy atom. The van der Waals surface area contributed by atoms with E-state index in [1.807, 2.05) is 7.11 Å². The molecule has 0 radical (unpaired) electrons. The van der Waals surface area contributed by atoms with E-state index in [1.165, 1.54) is 38.5 Å². The van der Waals surface area contributed by atoms with Gasteiger partial charge in [0.05, 0.1) is 37.1 Å². The molecule has 0 aliphatic heterocycles. The first-order valence-electron chi connectivity index (χ1n) is 19.9. The highest BCUT2D eigenvalue weighted by atomic mass is 16.6. The van der Waals surface area contributed by atoms with Crippen molar-refractivity contribution < 1.29 is 43.7 Å². The van der Waals surface area contributed by atoms with Crippen molar-refractivity contribution in [1.29, 1.82) is 0 Å². The molecule has 0 amide bonds. The second kappa shape index (κ2) is 17.0. The van der Waals surface area contributed by atoms with Gasteiger partial charge in [0.25, 0.3) is 0 Å². The number of carboxylic acids is 2. The standard InChI is InChI=1S/C40H66N2O9/c1-25(23-51-42-30(22-44)8-11-36(47)48)12-17-40(49-5)20-27-18-34-32-9-6-28-19-31(50-24-41-29(21-43)7-10-35(45)46)13-15-38(28,3)33(32)14-16-39(34,4)37(27)26(40)2/h21-22,25-34,37,41-42H,6-20,23-24H2,1-5H3,(H,45,46)(H,47,48)/t25?,26?,27?,28?,29-,30-,31?,32?,33?,34?,37?,38?,39?,40-/m1/s1. The van der Waals surface area contributed by atoms with Gasteiger partial charge in [-0.1, -0.05) is 27.7 Å². The summed E-state index contributed by atoms with van der Waals surface area (Å²) in [5, 5.41) is 21.0. The summed E-state index contributed by atoms with van der Waals surface area (Å²) in [6, 6.07) is -1.11. The lowest BCUT2D eigenvalue weighted by molar-refractivity contribution is -0.144. The number of aldehydes is 2. The summed E-state index contributed by atoms with van der Waals surface area (Å²) in [6.45, 7) is 10.6. The van der Waals surface area contributed by atoms with E-state index in [4.69, 9.17) is 24.5 Å². The van der Waals surface area contributed by atoms with Crippen LogP contribution in [-0.4, -0.2) is 79.0 Å². The van der Waals surface area contributed by atoms with Crippen molar-refractivity contribution in [1.82, 2.24) is 10.8 Å². The van der Waals surface area contributed by atoms with Crippen LogP contribution in [0.25, 0.3) is 0 Å². The van der Waals surface area contributed by atoms with Crippen LogP contribution in [0, 0.1) is 58.2 Å². The minimum absolute atomic E-state index is 0.0318. The minimum Gasteiger partial charge on any atom is -0.481 e. The Bertz CT molecular complexity index is 1220. The second-order valence-corrected chi connectivity index (χ2v) is 17.8. The highest BCUT2D eigenvalue weighted by Gasteiger charge is 2.67. The molecule has 0 heterocycles. The summed E-state index contributed by atoms with van der Waals surface area (Å²) >= 11 is 0. The Morgan fingerprint density at radius 3 is 2.25 bits per heavy atom. The number of fused-ring (bicyclic) bond motifs is 7. The van der Waals surface area contributed by atoms with Gasteiger partial charge in [0, 0.05) is 20.0 Å². The van der Waals surface area contributed by atoms with E-state index in [1.54, 1.807) is 0 Å². The molecule has 4 N–H and O–H groups in total. The van der Waals surface area contributed by atoms with Crippen molar-refractivity contribution >= 4 is 24.5 Å². The van der Waals surface area contributed by atoms with Gasteiger partial charge in [0.15, 0.2) is 0 Å². The van der Waals surface area contributed by atoms with E-state index in [-0.39, 0.29) is 50.0 Å². The van der Waals surface area contributed by atoms with Crippen LogP contribution in [0.5, 0.6) is 0 Å². The van der Waals surface area contributed by atoms with Crippen LogP contribution >= 0.6 is 0 Å². The van der Waals surface area contributed by atoms with Gasteiger partial charge in [-0.05, 0) is 142 Å². The van der Waals surface area contributed by atoms with E-state index in [0.29, 0.717) is 47.4 Å². The summed E-state index contributed by atoms with van der Waals surface area (Å²) in [6.07, 6.45) is 15.0. The van der Waals surface area contributed by atoms with Crippen LogP contribution in [-0.2, 0) is 33.5 Å². The van der Waals surface area contributed by atoms with E-state index in [9.17, 15) is 19.2 Å². The molecule has 0 bridgehead atoms. The summed E-state index contributed by atoms with van der Waals surface area (Å²) in [4.78, 5) is 50.1. The third-order valence-corrected chi connectivity index (χ3v) is 15.3. The molecule has 5 rings (SSSR count). The van der Waals surface area contributed by atoms with Gasteiger partial charge < -0.3 is 34.1 Å². The second-order valence-electron chi connectivity index (χ2n) is 17.8. The van der Waals surface area contributed by atoms with Gasteiger partial charge in [-0.25, -0.2) is 0 Å². The third-order valence-electron chi connectivity index (χ3n) is 15.3. The maximum Gasteiger partial charge on any atom is 0.303 e. The van der Waals surface area contributed by atoms with E-state index in [0.717, 1.165) is 56.1 Å². The molecule has 51 heavy (non-hydrogen) atoms. The average Bonchev–Trinajstić information content (AvgIpc) is 3.56. The molecule has 5 saturated carbocycles. The normalized spacial score (nSPS) is 40.3. The predicted octanol–water partition coefficient (Wildman–Crippen LogP) is 6.03. The number of hydrogen-bond acceptors (Lipinski definition) is 9. The number of hydrogen-bond donors (Lipinski definition) is 4. The summed E-state index contributed by atoms with van der Waals surface area (Å²) in [7, 11) is 1.91. The van der Waals surface area contributed by atoms with Crippen LogP contribution in [0.1, 0.15) is 124 Å². The van der Waals surface area contributed by atoms with Gasteiger partial charge in [0.1, 0.15) is 12.6 Å². The first kappa shape index (κ1) is 40.3. The molecule has 0 saturated heterocycles. The lowest BCUT2D eigenvalue weighted by Crippen LogP contribution is -2.55. The maximum absolute atomic E-state index is 11.4. The van der Waals surface area contributed by atoms with Gasteiger partial charge in [-0.3, -0.25) is 14.9 Å². The van der Waals surface area contributed by atoms with Crippen LogP contribution in [0.4, 0.5) is 0 Å². The van der Waals surface area contributed by atoms with E-state index in [2.05, 4.69) is 38.5 Å². The van der Waals surface area contributed by atoms with Crippen molar-refractivity contribution in [3.8, 4) is 0 Å². The van der Waals surface area contributed by atoms with Gasteiger partial charge in [0.2, 0.25) is 0 Å². The zero-order valence-electron chi connectivity index (χ0n) is 31.8. The molecule has 11 heteroatoms. The number of aliphatic carboxylic acids is 2. The number of hydroxylamine groups is 1. The molecule has 290 valence electrons. The highest BCUT2D eigenvalue weighted by Crippen LogP contribution is 2.73. The van der Waals surface area contributed by atoms with Crippen molar-refractivity contribution in [3.63, 3.8) is 0 Å². The molecular formula is C40H66N2O9. The first-order valence-corrected chi connectivity index (χ1v) is 19.9. The summed E-state index contributed by atoms with van der Waals surface area (Å²) in [5.41, 5.74) is 3.31. The fourth-order valence-electron chi connectivity index (χ4n) is 12.5. The van der Waals surface area contributed by atoms with Crippen molar-refractivity contribution in [2.75, 3.05) is 20.4 Å². The average molecular weight is 719 g/mol. The Kier molecular flexibility index (Phi) is 13.5. The van der Waals surface area contributed by atoms with Gasteiger partial charge >= 0.3 is 11.9 Å². The van der Waals surface area contributed by atoms with Crippen molar-refractivity contribution in [2.45, 2.75) is 148 Å². The smallest absolute Gasteiger partial charge is 0.303 e. The number of ether oxygens (including phenoxy) is 2. The highest BCUT2D eigenvalue weighted by molar-refractivity contribution is 5.68. The Morgan fingerprint density at radius 2 is 1.59 bits per heavy atom. The SMILES string of the molecule is CO[C@]1(CCC(C)CON[C@@H](C=O)CCC(=O)O)CC2CC3C4CCC5CC(OCN[C@@H](C=O)CCC(=O)O)CCC5(C)C4CCC3(C)C2C1C. The van der Waals surface area contributed by atoms with Crippen LogP contribution in [0.2, 0.25) is 0 Å². The molecule has 0 aromatic rings. The molecule has 11 nitrogen and oxygen atoms in total. The molecule has 0 spiro atoms. The lowest BCUT2D eigenvalue weighted by atomic mass is 9.44. The van der Waals surface area contributed by atoms with Crippen LogP contribution in [0.3, 0.4) is 0 Å². The predicted molar refractivity (Wildman–Crippen MR) is 191 cm³/mol. The number of nitrogens with one attached hydrogen (secondary N) is 2. The zero-order valence-corrected chi connectivity index (χ0v) is 31.8. The number of carboxylic acid groups (broad SMARTS) is 2. The van der Waals surface area contributed by atoms with E-state index >= 15 is 0 Å². The van der Waals surface area contributed by atoms with Gasteiger partial charge in [-0.15, -0.1) is 0 Å². The molecule has 0 aromatic carbocycles. The molecule has 11 unspecified atom stereocenters. The fraction of sp³-hybridized carbons (Fsp3) is 0.900. The molecule has 5 fully saturated rings. The summed E-state index contributed by atoms with van der Waals surface area (Å²) < 4.78 is 12.7. The zero-order chi connectivity index (χ0) is 37.0. The van der Waals surface area contributed by atoms with Crippen molar-refractivity contribution in [3.05, 3.63) is 0 Å². The van der Waals surface area contributed by atoms with Crippen LogP contribution in [0.15, 0.2) is 0 Å². The largest absolute Gasteiger partial charge is 0.481 e. The van der Waals surface area contributed by atoms with Crippen LogP contribution < -0.4 is 10.8 Å². The lowest BCUT2D eigenvalue weighted by Gasteiger charge is -2.61.